The first-order valence-electron chi connectivity index (χ1n) is 14.3. The van der Waals surface area contributed by atoms with Crippen molar-refractivity contribution in [3.05, 3.63) is 81.5 Å². The fraction of sp³-hybridized carbons (Fsp3) is 0.424. The van der Waals surface area contributed by atoms with Crippen LogP contribution in [0.1, 0.15) is 83.2 Å². The number of nitrogens with zero attached hydrogens (tertiary/aromatic N) is 3. The Kier molecular flexibility index (Phi) is 8.44. The van der Waals surface area contributed by atoms with Crippen LogP contribution < -0.4 is 4.74 Å². The van der Waals surface area contributed by atoms with Crippen molar-refractivity contribution >= 4 is 34.5 Å². The molecule has 0 amide bonds. The van der Waals surface area contributed by atoms with Gasteiger partial charge in [0.25, 0.3) is 0 Å². The van der Waals surface area contributed by atoms with E-state index in [1.807, 2.05) is 71.0 Å². The van der Waals surface area contributed by atoms with Gasteiger partial charge in [-0.1, -0.05) is 12.1 Å². The minimum absolute atomic E-state index is 0.104. The van der Waals surface area contributed by atoms with Gasteiger partial charge in [-0.2, -0.15) is 4.37 Å². The van der Waals surface area contributed by atoms with Crippen molar-refractivity contribution in [1.29, 1.82) is 0 Å². The van der Waals surface area contributed by atoms with E-state index < -0.39 is 11.7 Å². The average molecular weight is 590 g/mol. The summed E-state index contributed by atoms with van der Waals surface area (Å²) in [5.41, 5.74) is 4.92. The summed E-state index contributed by atoms with van der Waals surface area (Å²) in [5, 5.41) is 0.970. The normalized spacial score (nSPS) is 17.8. The molecule has 42 heavy (non-hydrogen) atoms. The standard InChI is InChI=1S/C33H39N3O5S/c1-20-16-28(39-6)26(25-13-15-36(30(20)25)32(38)41-33(3,4)5)19-35-14-12-24(29-17-21(2)34-42-29)18-27(35)22-8-10-23(11-9-22)31(37)40-7/h8-11,13,15-17,24,27H,12,14,18-19H2,1-7H3/t24?,27-/m0/s1. The second kappa shape index (κ2) is 11.9. The van der Waals surface area contributed by atoms with Gasteiger partial charge >= 0.3 is 12.1 Å². The van der Waals surface area contributed by atoms with Crippen LogP contribution in [0.3, 0.4) is 0 Å². The van der Waals surface area contributed by atoms with E-state index in [4.69, 9.17) is 14.2 Å². The third-order valence-corrected chi connectivity index (χ3v) is 8.92. The van der Waals surface area contributed by atoms with Gasteiger partial charge in [-0.05, 0) is 113 Å². The van der Waals surface area contributed by atoms with Crippen LogP contribution in [0.4, 0.5) is 4.79 Å². The maximum Gasteiger partial charge on any atom is 0.419 e. The zero-order chi connectivity index (χ0) is 30.2. The monoisotopic (exact) mass is 589 g/mol. The molecule has 9 heteroatoms. The van der Waals surface area contributed by atoms with Gasteiger partial charge in [0.2, 0.25) is 0 Å². The number of carbonyl (C=O) groups is 2. The molecule has 1 fully saturated rings. The van der Waals surface area contributed by atoms with E-state index in [0.717, 1.165) is 58.4 Å². The molecule has 2 aromatic carbocycles. The highest BCUT2D eigenvalue weighted by Gasteiger charge is 2.33. The summed E-state index contributed by atoms with van der Waals surface area (Å²) in [4.78, 5) is 29.0. The number of piperidine rings is 1. The molecule has 0 radical (unpaired) electrons. The number of carbonyl (C=O) groups excluding carboxylic acids is 2. The van der Waals surface area contributed by atoms with Crippen LogP contribution in [0, 0.1) is 13.8 Å². The van der Waals surface area contributed by atoms with Gasteiger partial charge in [-0.3, -0.25) is 9.47 Å². The molecule has 4 aromatic rings. The molecule has 8 nitrogen and oxygen atoms in total. The number of rotatable bonds is 6. The fourth-order valence-corrected chi connectivity index (χ4v) is 6.81. The van der Waals surface area contributed by atoms with Crippen molar-refractivity contribution in [3.8, 4) is 5.75 Å². The van der Waals surface area contributed by atoms with Gasteiger partial charge in [0.1, 0.15) is 11.4 Å². The predicted molar refractivity (Wildman–Crippen MR) is 165 cm³/mol. The van der Waals surface area contributed by atoms with Crippen molar-refractivity contribution < 1.29 is 23.8 Å². The summed E-state index contributed by atoms with van der Waals surface area (Å²) in [6, 6.07) is 14.0. The lowest BCUT2D eigenvalue weighted by molar-refractivity contribution is 0.0542. The average Bonchev–Trinajstić information content (AvgIpc) is 3.60. The smallest absolute Gasteiger partial charge is 0.419 e. The predicted octanol–water partition coefficient (Wildman–Crippen LogP) is 7.41. The van der Waals surface area contributed by atoms with Crippen LogP contribution in [0.2, 0.25) is 0 Å². The molecule has 0 saturated carbocycles. The van der Waals surface area contributed by atoms with E-state index in [9.17, 15) is 9.59 Å². The molecule has 2 aromatic heterocycles. The Labute approximate surface area is 251 Å². The summed E-state index contributed by atoms with van der Waals surface area (Å²) < 4.78 is 22.7. The molecular weight excluding hydrogens is 550 g/mol. The lowest BCUT2D eigenvalue weighted by Crippen LogP contribution is -2.36. The minimum atomic E-state index is -0.603. The number of methoxy groups -OCH3 is 2. The minimum Gasteiger partial charge on any atom is -0.496 e. The number of hydrogen-bond acceptors (Lipinski definition) is 8. The van der Waals surface area contributed by atoms with Crippen LogP contribution in [-0.4, -0.2) is 52.3 Å². The Balaban J connectivity index is 1.53. The van der Waals surface area contributed by atoms with E-state index in [1.165, 1.54) is 12.0 Å². The molecule has 5 rings (SSSR count). The first kappa shape index (κ1) is 29.8. The number of esters is 1. The van der Waals surface area contributed by atoms with E-state index >= 15 is 0 Å². The maximum atomic E-state index is 13.1. The molecule has 0 bridgehead atoms. The van der Waals surface area contributed by atoms with Crippen molar-refractivity contribution in [2.24, 2.45) is 0 Å². The van der Waals surface area contributed by atoms with E-state index in [-0.39, 0.29) is 12.0 Å². The fourth-order valence-electron chi connectivity index (χ4n) is 5.92. The van der Waals surface area contributed by atoms with E-state index in [0.29, 0.717) is 18.0 Å². The lowest BCUT2D eigenvalue weighted by atomic mass is 9.85. The van der Waals surface area contributed by atoms with E-state index in [2.05, 4.69) is 15.3 Å². The molecule has 1 aliphatic heterocycles. The molecule has 222 valence electrons. The van der Waals surface area contributed by atoms with Gasteiger partial charge in [0.15, 0.2) is 0 Å². The molecule has 2 atom stereocenters. The Bertz CT molecular complexity index is 1600. The maximum absolute atomic E-state index is 13.1. The summed E-state index contributed by atoms with van der Waals surface area (Å²) >= 11 is 1.59. The third-order valence-electron chi connectivity index (χ3n) is 7.88. The molecule has 0 aliphatic carbocycles. The molecule has 1 aliphatic rings. The van der Waals surface area contributed by atoms with Crippen molar-refractivity contribution in [2.75, 3.05) is 20.8 Å². The van der Waals surface area contributed by atoms with Crippen molar-refractivity contribution in [3.63, 3.8) is 0 Å². The van der Waals surface area contributed by atoms with Crippen molar-refractivity contribution in [2.45, 2.75) is 71.6 Å². The van der Waals surface area contributed by atoms with Gasteiger partial charge in [0, 0.05) is 34.6 Å². The second-order valence-corrected chi connectivity index (χ2v) is 12.8. The topological polar surface area (TPSA) is 82.9 Å². The van der Waals surface area contributed by atoms with Gasteiger partial charge < -0.3 is 14.2 Å². The molecular formula is C33H39N3O5S. The van der Waals surface area contributed by atoms with Crippen LogP contribution in [0.5, 0.6) is 5.75 Å². The Morgan fingerprint density at radius 1 is 1.07 bits per heavy atom. The molecule has 0 spiro atoms. The summed E-state index contributed by atoms with van der Waals surface area (Å²) in [6.45, 7) is 11.1. The Hall–Kier alpha value is -3.69. The third kappa shape index (κ3) is 6.08. The van der Waals surface area contributed by atoms with Crippen LogP contribution in [0.15, 0.2) is 48.7 Å². The van der Waals surface area contributed by atoms with Crippen molar-refractivity contribution in [1.82, 2.24) is 13.8 Å². The van der Waals surface area contributed by atoms with E-state index in [1.54, 1.807) is 29.4 Å². The summed E-state index contributed by atoms with van der Waals surface area (Å²) in [7, 11) is 3.09. The highest BCUT2D eigenvalue weighted by Crippen LogP contribution is 2.43. The van der Waals surface area contributed by atoms with Gasteiger partial charge in [0.05, 0.1) is 31.0 Å². The first-order chi connectivity index (χ1) is 20.0. The van der Waals surface area contributed by atoms with Crippen LogP contribution in [0.25, 0.3) is 10.9 Å². The van der Waals surface area contributed by atoms with Crippen LogP contribution in [-0.2, 0) is 16.0 Å². The number of aromatic nitrogens is 2. The quantitative estimate of drug-likeness (QED) is 0.217. The Morgan fingerprint density at radius 2 is 1.81 bits per heavy atom. The number of ether oxygens (including phenoxy) is 3. The van der Waals surface area contributed by atoms with Gasteiger partial charge in [-0.25, -0.2) is 9.59 Å². The number of hydrogen-bond donors (Lipinski definition) is 0. The zero-order valence-electron chi connectivity index (χ0n) is 25.4. The Morgan fingerprint density at radius 3 is 2.43 bits per heavy atom. The number of aryl methyl sites for hydroxylation is 2. The largest absolute Gasteiger partial charge is 0.496 e. The molecule has 3 heterocycles. The number of fused-ring (bicyclic) bond motifs is 1. The summed E-state index contributed by atoms with van der Waals surface area (Å²) in [5.74, 6) is 0.842. The second-order valence-electron chi connectivity index (χ2n) is 12.0. The zero-order valence-corrected chi connectivity index (χ0v) is 26.2. The molecule has 1 unspecified atom stereocenters. The summed E-state index contributed by atoms with van der Waals surface area (Å²) in [6.07, 6.45) is 3.32. The highest BCUT2D eigenvalue weighted by molar-refractivity contribution is 7.05. The molecule has 1 saturated heterocycles. The van der Waals surface area contributed by atoms with Gasteiger partial charge in [-0.15, -0.1) is 0 Å². The van der Waals surface area contributed by atoms with Crippen LogP contribution >= 0.6 is 11.5 Å². The number of benzene rings is 2. The first-order valence-corrected chi connectivity index (χ1v) is 15.0. The highest BCUT2D eigenvalue weighted by atomic mass is 32.1. The SMILES string of the molecule is COC(=O)c1ccc([C@@H]2CC(c3cc(C)ns3)CCN2Cc2c(OC)cc(C)c3c2ccn3C(=O)OC(C)(C)C)cc1. The number of likely N-dealkylation sites (tertiary alicyclic amines) is 1. The lowest BCUT2D eigenvalue weighted by Gasteiger charge is -2.40. The molecule has 0 N–H and O–H groups in total.